The maximum atomic E-state index is 2.40. The van der Waals surface area contributed by atoms with Crippen molar-refractivity contribution in [3.05, 3.63) is 88.6 Å². The van der Waals surface area contributed by atoms with Crippen molar-refractivity contribution in [2.45, 2.75) is 5.66 Å². The molecule has 0 bridgehead atoms. The van der Waals surface area contributed by atoms with Crippen molar-refractivity contribution in [1.82, 2.24) is 0 Å². The molecule has 4 rings (SSSR count). The van der Waals surface area contributed by atoms with Crippen LogP contribution in [-0.2, 0) is 0 Å². The molecule has 2 heteroatoms. The molecule has 0 aliphatic heterocycles. The SMILES string of the molecule is C1=CC(P(c2ccccc2)c2ccccc2)c2sccc21. The van der Waals surface area contributed by atoms with Crippen molar-refractivity contribution in [2.24, 2.45) is 0 Å². The molecule has 1 aliphatic carbocycles. The van der Waals surface area contributed by atoms with Gasteiger partial charge in [0.25, 0.3) is 0 Å². The molecule has 1 aliphatic rings. The number of allylic oxidation sites excluding steroid dienone is 1. The maximum Gasteiger partial charge on any atom is 0.0405 e. The van der Waals surface area contributed by atoms with Crippen molar-refractivity contribution in [2.75, 3.05) is 0 Å². The third-order valence-electron chi connectivity index (χ3n) is 3.80. The third kappa shape index (κ3) is 2.37. The highest BCUT2D eigenvalue weighted by Gasteiger charge is 2.29. The van der Waals surface area contributed by atoms with Gasteiger partial charge in [-0.05, 0) is 35.5 Å². The molecule has 0 saturated carbocycles. The van der Waals surface area contributed by atoms with E-state index in [4.69, 9.17) is 0 Å². The van der Waals surface area contributed by atoms with Gasteiger partial charge in [0.05, 0.1) is 0 Å². The number of hydrogen-bond acceptors (Lipinski definition) is 1. The number of benzene rings is 2. The monoisotopic (exact) mass is 306 g/mol. The van der Waals surface area contributed by atoms with E-state index in [9.17, 15) is 0 Å². The van der Waals surface area contributed by atoms with Gasteiger partial charge in [-0.1, -0.05) is 72.8 Å². The molecule has 0 spiro atoms. The van der Waals surface area contributed by atoms with Crippen LogP contribution in [0.15, 0.2) is 78.2 Å². The molecule has 0 fully saturated rings. The minimum absolute atomic E-state index is 0.389. The van der Waals surface area contributed by atoms with Crippen molar-refractivity contribution in [1.29, 1.82) is 0 Å². The van der Waals surface area contributed by atoms with Gasteiger partial charge < -0.3 is 0 Å². The Kier molecular flexibility index (Phi) is 3.47. The second-order valence-corrected chi connectivity index (χ2v) is 8.36. The molecule has 0 amide bonds. The lowest BCUT2D eigenvalue weighted by Gasteiger charge is -2.24. The average molecular weight is 306 g/mol. The van der Waals surface area contributed by atoms with E-state index in [1.54, 1.807) is 0 Å². The summed E-state index contributed by atoms with van der Waals surface area (Å²) in [6, 6.07) is 24.2. The average Bonchev–Trinajstić information content (AvgIpc) is 3.15. The minimum Gasteiger partial charge on any atom is -0.147 e. The van der Waals surface area contributed by atoms with Gasteiger partial charge in [0, 0.05) is 10.5 Å². The zero-order valence-corrected chi connectivity index (χ0v) is 13.2. The lowest BCUT2D eigenvalue weighted by molar-refractivity contribution is 1.32. The highest BCUT2D eigenvalue weighted by Crippen LogP contribution is 2.55. The number of rotatable bonds is 3. The van der Waals surface area contributed by atoms with Gasteiger partial charge in [-0.3, -0.25) is 0 Å². The third-order valence-corrected chi connectivity index (χ3v) is 7.69. The lowest BCUT2D eigenvalue weighted by Crippen LogP contribution is -2.15. The van der Waals surface area contributed by atoms with Crippen LogP contribution in [-0.4, -0.2) is 0 Å². The first-order chi connectivity index (χ1) is 10.4. The van der Waals surface area contributed by atoms with Crippen LogP contribution in [0.2, 0.25) is 0 Å². The van der Waals surface area contributed by atoms with E-state index in [1.165, 1.54) is 21.0 Å². The first-order valence-corrected chi connectivity index (χ1v) is 9.37. The molecule has 2 aromatic carbocycles. The van der Waals surface area contributed by atoms with Gasteiger partial charge >= 0.3 is 0 Å². The fourth-order valence-electron chi connectivity index (χ4n) is 2.84. The molecule has 1 unspecified atom stereocenters. The molecule has 0 radical (unpaired) electrons. The summed E-state index contributed by atoms with van der Waals surface area (Å²) < 4.78 is 0. The number of hydrogen-bond donors (Lipinski definition) is 0. The van der Waals surface area contributed by atoms with Crippen LogP contribution in [0.5, 0.6) is 0 Å². The predicted octanol–water partition coefficient (Wildman–Crippen LogP) is 4.95. The fourth-order valence-corrected chi connectivity index (χ4v) is 6.76. The van der Waals surface area contributed by atoms with Gasteiger partial charge in [0.15, 0.2) is 0 Å². The molecule has 1 heterocycles. The molecule has 0 N–H and O–H groups in total. The summed E-state index contributed by atoms with van der Waals surface area (Å²) in [6.45, 7) is 0. The Bertz CT molecular complexity index is 719. The molecule has 1 aromatic heterocycles. The summed E-state index contributed by atoms with van der Waals surface area (Å²) >= 11 is 1.89. The summed E-state index contributed by atoms with van der Waals surface area (Å²) in [4.78, 5) is 1.52. The van der Waals surface area contributed by atoms with E-state index in [-0.39, 0.29) is 7.92 Å². The standard InChI is InChI=1S/C19H15PS/c1-3-7-16(8-4-1)20(17-9-5-2-6-10-17)18-12-11-15-13-14-21-19(15)18/h1-14,18H. The summed E-state index contributed by atoms with van der Waals surface area (Å²) in [5.41, 5.74) is 1.92. The Labute approximate surface area is 130 Å². The highest BCUT2D eigenvalue weighted by atomic mass is 32.1. The first-order valence-electron chi connectivity index (χ1n) is 7.08. The first kappa shape index (κ1) is 13.0. The molecule has 0 nitrogen and oxygen atoms in total. The van der Waals surface area contributed by atoms with Crippen LogP contribution in [0.25, 0.3) is 6.08 Å². The topological polar surface area (TPSA) is 0 Å². The zero-order valence-electron chi connectivity index (χ0n) is 11.5. The minimum atomic E-state index is -0.389. The van der Waals surface area contributed by atoms with E-state index >= 15 is 0 Å². The fraction of sp³-hybridized carbons (Fsp3) is 0.0526. The van der Waals surface area contributed by atoms with Crippen LogP contribution >= 0.6 is 19.3 Å². The van der Waals surface area contributed by atoms with Crippen molar-refractivity contribution in [3.8, 4) is 0 Å². The van der Waals surface area contributed by atoms with Crippen LogP contribution < -0.4 is 10.6 Å². The number of thiophene rings is 1. The zero-order chi connectivity index (χ0) is 14.1. The summed E-state index contributed by atoms with van der Waals surface area (Å²) in [7, 11) is -0.389. The second kappa shape index (κ2) is 5.60. The molecule has 3 aromatic rings. The lowest BCUT2D eigenvalue weighted by atomic mass is 10.3. The summed E-state index contributed by atoms with van der Waals surface area (Å²) in [5, 5.41) is 5.12. The largest absolute Gasteiger partial charge is 0.147 e. The van der Waals surface area contributed by atoms with Gasteiger partial charge in [0.1, 0.15) is 0 Å². The van der Waals surface area contributed by atoms with E-state index < -0.39 is 0 Å². The number of fused-ring (bicyclic) bond motifs is 1. The van der Waals surface area contributed by atoms with E-state index in [0.29, 0.717) is 5.66 Å². The molecule has 1 atom stereocenters. The Balaban J connectivity index is 1.84. The maximum absolute atomic E-state index is 2.40. The Hall–Kier alpha value is -1.69. The van der Waals surface area contributed by atoms with Crippen LogP contribution in [0.1, 0.15) is 16.1 Å². The van der Waals surface area contributed by atoms with Gasteiger partial charge in [-0.25, -0.2) is 0 Å². The normalized spacial score (nSPS) is 16.3. The van der Waals surface area contributed by atoms with Gasteiger partial charge in [-0.2, -0.15) is 0 Å². The second-order valence-electron chi connectivity index (χ2n) is 5.09. The van der Waals surface area contributed by atoms with Crippen molar-refractivity contribution in [3.63, 3.8) is 0 Å². The molecule has 21 heavy (non-hydrogen) atoms. The molecular weight excluding hydrogens is 291 g/mol. The highest BCUT2D eigenvalue weighted by molar-refractivity contribution is 7.73. The van der Waals surface area contributed by atoms with Gasteiger partial charge in [0.2, 0.25) is 0 Å². The smallest absolute Gasteiger partial charge is 0.0405 e. The predicted molar refractivity (Wildman–Crippen MR) is 95.2 cm³/mol. The Morgan fingerprint density at radius 2 is 1.38 bits per heavy atom. The van der Waals surface area contributed by atoms with E-state index in [2.05, 4.69) is 84.3 Å². The van der Waals surface area contributed by atoms with Crippen LogP contribution in [0.3, 0.4) is 0 Å². The summed E-state index contributed by atoms with van der Waals surface area (Å²) in [5.74, 6) is 0. The van der Waals surface area contributed by atoms with Crippen LogP contribution in [0, 0.1) is 0 Å². The van der Waals surface area contributed by atoms with E-state index in [0.717, 1.165) is 0 Å². The molecule has 0 saturated heterocycles. The van der Waals surface area contributed by atoms with Gasteiger partial charge in [-0.15, -0.1) is 11.3 Å². The van der Waals surface area contributed by atoms with Crippen LogP contribution in [0.4, 0.5) is 0 Å². The van der Waals surface area contributed by atoms with Crippen molar-refractivity contribution < 1.29 is 0 Å². The molecule has 102 valence electrons. The van der Waals surface area contributed by atoms with Crippen molar-refractivity contribution >= 4 is 35.9 Å². The quantitative estimate of drug-likeness (QED) is 0.601. The summed E-state index contributed by atoms with van der Waals surface area (Å²) in [6.07, 6.45) is 4.69. The Morgan fingerprint density at radius 3 is 2.00 bits per heavy atom. The molecular formula is C19H15PS. The Morgan fingerprint density at radius 1 is 0.762 bits per heavy atom. The van der Waals surface area contributed by atoms with E-state index in [1.807, 2.05) is 11.3 Å².